The fraction of sp³-hybridized carbons (Fsp3) is 0.579. The number of aliphatic hydroxyl groups excluding tert-OH is 1. The zero-order valence-electron chi connectivity index (χ0n) is 15.6. The van der Waals surface area contributed by atoms with E-state index in [1.54, 1.807) is 7.11 Å². The molecule has 0 aliphatic heterocycles. The number of rotatable bonds is 11. The van der Waals surface area contributed by atoms with Gasteiger partial charge in [0.1, 0.15) is 12.7 Å². The van der Waals surface area contributed by atoms with E-state index in [4.69, 9.17) is 9.47 Å². The van der Waals surface area contributed by atoms with Gasteiger partial charge in [0.05, 0.1) is 7.11 Å². The Morgan fingerprint density at radius 1 is 1.33 bits per heavy atom. The maximum atomic E-state index is 10.1. The number of hydrogen-bond acceptors (Lipinski definition) is 5. The van der Waals surface area contributed by atoms with Gasteiger partial charge in [0.25, 0.3) is 0 Å². The second kappa shape index (κ2) is 10.3. The summed E-state index contributed by atoms with van der Waals surface area (Å²) in [5.41, 5.74) is 2.21. The monoisotopic (exact) mass is 336 g/mol. The minimum Gasteiger partial charge on any atom is -0.493 e. The Kier molecular flexibility index (Phi) is 8.82. The average Bonchev–Trinajstić information content (AvgIpc) is 2.52. The molecule has 1 atom stereocenters. The van der Waals surface area contributed by atoms with Gasteiger partial charge in [0.15, 0.2) is 11.5 Å². The molecular weight excluding hydrogens is 304 g/mol. The van der Waals surface area contributed by atoms with Crippen molar-refractivity contribution in [3.63, 3.8) is 0 Å². The number of likely N-dealkylation sites (N-methyl/N-ethyl adjacent to an activating group) is 1. The third-order valence-corrected chi connectivity index (χ3v) is 3.80. The predicted molar refractivity (Wildman–Crippen MR) is 98.8 cm³/mol. The molecule has 1 rings (SSSR count). The molecule has 136 valence electrons. The lowest BCUT2D eigenvalue weighted by Gasteiger charge is -2.24. The molecular formula is C19H32N2O3. The Labute approximate surface area is 146 Å². The van der Waals surface area contributed by atoms with Crippen molar-refractivity contribution in [2.75, 3.05) is 33.9 Å². The van der Waals surface area contributed by atoms with E-state index in [9.17, 15) is 5.11 Å². The SMILES string of the molecule is C=C(C)CNCc1ccc(OCC(O)CN(C)C(C)C)c(OC)c1. The van der Waals surface area contributed by atoms with E-state index in [-0.39, 0.29) is 6.61 Å². The molecule has 1 aromatic carbocycles. The summed E-state index contributed by atoms with van der Waals surface area (Å²) in [6.07, 6.45) is -0.543. The van der Waals surface area contributed by atoms with Crippen LogP contribution in [0, 0.1) is 0 Å². The van der Waals surface area contributed by atoms with Crippen molar-refractivity contribution in [3.8, 4) is 11.5 Å². The number of aliphatic hydroxyl groups is 1. The number of nitrogens with one attached hydrogen (secondary N) is 1. The lowest BCUT2D eigenvalue weighted by Crippen LogP contribution is -2.36. The molecule has 1 aromatic rings. The van der Waals surface area contributed by atoms with Crippen LogP contribution in [0.25, 0.3) is 0 Å². The number of benzene rings is 1. The number of methoxy groups -OCH3 is 1. The highest BCUT2D eigenvalue weighted by Crippen LogP contribution is 2.28. The maximum absolute atomic E-state index is 10.1. The fourth-order valence-corrected chi connectivity index (χ4v) is 2.14. The Bertz CT molecular complexity index is 517. The van der Waals surface area contributed by atoms with Crippen molar-refractivity contribution in [1.82, 2.24) is 10.2 Å². The Balaban J connectivity index is 2.57. The summed E-state index contributed by atoms with van der Waals surface area (Å²) in [5, 5.41) is 13.4. The fourth-order valence-electron chi connectivity index (χ4n) is 2.14. The largest absolute Gasteiger partial charge is 0.493 e. The van der Waals surface area contributed by atoms with Crippen LogP contribution >= 0.6 is 0 Å². The van der Waals surface area contributed by atoms with Crippen LogP contribution in [0.5, 0.6) is 11.5 Å². The van der Waals surface area contributed by atoms with Gasteiger partial charge in [-0.05, 0) is 45.5 Å². The van der Waals surface area contributed by atoms with Crippen LogP contribution in [0.2, 0.25) is 0 Å². The van der Waals surface area contributed by atoms with Crippen LogP contribution in [-0.2, 0) is 6.54 Å². The van der Waals surface area contributed by atoms with Crippen LogP contribution in [-0.4, -0.2) is 56.0 Å². The quantitative estimate of drug-likeness (QED) is 0.608. The van der Waals surface area contributed by atoms with Gasteiger partial charge >= 0.3 is 0 Å². The lowest BCUT2D eigenvalue weighted by molar-refractivity contribution is 0.0668. The molecule has 0 spiro atoms. The Morgan fingerprint density at radius 2 is 2.04 bits per heavy atom. The third-order valence-electron chi connectivity index (χ3n) is 3.80. The molecule has 1 unspecified atom stereocenters. The van der Waals surface area contributed by atoms with Crippen LogP contribution in [0.15, 0.2) is 30.4 Å². The van der Waals surface area contributed by atoms with Gasteiger partial charge in [-0.25, -0.2) is 0 Å². The van der Waals surface area contributed by atoms with Crippen molar-refractivity contribution in [3.05, 3.63) is 35.9 Å². The summed E-state index contributed by atoms with van der Waals surface area (Å²) >= 11 is 0. The molecule has 0 aromatic heterocycles. The van der Waals surface area contributed by atoms with E-state index in [1.807, 2.05) is 32.2 Å². The summed E-state index contributed by atoms with van der Waals surface area (Å²) in [5.74, 6) is 1.32. The summed E-state index contributed by atoms with van der Waals surface area (Å²) in [4.78, 5) is 2.08. The van der Waals surface area contributed by atoms with Gasteiger partial charge in [-0.1, -0.05) is 18.2 Å². The van der Waals surface area contributed by atoms with Crippen molar-refractivity contribution in [2.45, 2.75) is 39.5 Å². The molecule has 0 saturated heterocycles. The van der Waals surface area contributed by atoms with Crippen molar-refractivity contribution >= 4 is 0 Å². The first-order chi connectivity index (χ1) is 11.3. The topological polar surface area (TPSA) is 54.0 Å². The predicted octanol–water partition coefficient (Wildman–Crippen LogP) is 2.44. The molecule has 5 nitrogen and oxygen atoms in total. The van der Waals surface area contributed by atoms with E-state index in [2.05, 4.69) is 30.6 Å². The molecule has 0 radical (unpaired) electrons. The van der Waals surface area contributed by atoms with Gasteiger partial charge in [-0.15, -0.1) is 0 Å². The van der Waals surface area contributed by atoms with Crippen LogP contribution in [0.3, 0.4) is 0 Å². The molecule has 0 amide bonds. The summed E-state index contributed by atoms with van der Waals surface area (Å²) in [6.45, 7) is 12.4. The van der Waals surface area contributed by atoms with Crippen LogP contribution in [0.4, 0.5) is 0 Å². The molecule has 5 heteroatoms. The van der Waals surface area contributed by atoms with Crippen molar-refractivity contribution in [2.24, 2.45) is 0 Å². The van der Waals surface area contributed by atoms with E-state index < -0.39 is 6.10 Å². The molecule has 2 N–H and O–H groups in total. The second-order valence-corrected chi connectivity index (χ2v) is 6.54. The van der Waals surface area contributed by atoms with Crippen LogP contribution in [0.1, 0.15) is 26.3 Å². The van der Waals surface area contributed by atoms with Gasteiger partial charge in [0.2, 0.25) is 0 Å². The highest BCUT2D eigenvalue weighted by atomic mass is 16.5. The summed E-state index contributed by atoms with van der Waals surface area (Å²) in [7, 11) is 3.61. The highest BCUT2D eigenvalue weighted by molar-refractivity contribution is 5.43. The first-order valence-corrected chi connectivity index (χ1v) is 8.36. The smallest absolute Gasteiger partial charge is 0.161 e. The van der Waals surface area contributed by atoms with Crippen molar-refractivity contribution in [1.29, 1.82) is 0 Å². The molecule has 0 bridgehead atoms. The second-order valence-electron chi connectivity index (χ2n) is 6.54. The number of ether oxygens (including phenoxy) is 2. The standard InChI is InChI=1S/C19H32N2O3/c1-14(2)10-20-11-16-7-8-18(19(9-16)23-6)24-13-17(22)12-21(5)15(3)4/h7-9,15,17,20,22H,1,10-13H2,2-6H3. The highest BCUT2D eigenvalue weighted by Gasteiger charge is 2.13. The summed E-state index contributed by atoms with van der Waals surface area (Å²) in [6, 6.07) is 6.22. The minimum atomic E-state index is -0.543. The maximum Gasteiger partial charge on any atom is 0.161 e. The minimum absolute atomic E-state index is 0.237. The number of nitrogens with zero attached hydrogens (tertiary/aromatic N) is 1. The first kappa shape index (κ1) is 20.5. The Hall–Kier alpha value is -1.56. The summed E-state index contributed by atoms with van der Waals surface area (Å²) < 4.78 is 11.1. The number of hydrogen-bond donors (Lipinski definition) is 2. The molecule has 0 fully saturated rings. The van der Waals surface area contributed by atoms with Crippen LogP contribution < -0.4 is 14.8 Å². The lowest BCUT2D eigenvalue weighted by atomic mass is 10.2. The molecule has 0 aliphatic carbocycles. The van der Waals surface area contributed by atoms with E-state index in [1.165, 1.54) is 0 Å². The molecule has 24 heavy (non-hydrogen) atoms. The van der Waals surface area contributed by atoms with Gasteiger partial charge < -0.3 is 24.8 Å². The van der Waals surface area contributed by atoms with Crippen molar-refractivity contribution < 1.29 is 14.6 Å². The van der Waals surface area contributed by atoms with E-state index in [0.717, 1.165) is 24.2 Å². The zero-order valence-corrected chi connectivity index (χ0v) is 15.6. The van der Waals surface area contributed by atoms with Gasteiger partial charge in [0, 0.05) is 25.7 Å². The third kappa shape index (κ3) is 7.34. The Morgan fingerprint density at radius 3 is 2.62 bits per heavy atom. The first-order valence-electron chi connectivity index (χ1n) is 8.36. The molecule has 0 heterocycles. The normalized spacial score (nSPS) is 12.5. The average molecular weight is 336 g/mol. The van der Waals surface area contributed by atoms with E-state index in [0.29, 0.717) is 24.1 Å². The van der Waals surface area contributed by atoms with Gasteiger partial charge in [-0.2, -0.15) is 0 Å². The van der Waals surface area contributed by atoms with E-state index >= 15 is 0 Å². The van der Waals surface area contributed by atoms with Gasteiger partial charge in [-0.3, -0.25) is 0 Å². The molecule has 0 saturated carbocycles. The molecule has 0 aliphatic rings. The zero-order chi connectivity index (χ0) is 18.1.